The minimum atomic E-state index is -3.55. The van der Waals surface area contributed by atoms with Crippen LogP contribution in [-0.4, -0.2) is 34.0 Å². The molecule has 1 aromatic carbocycles. The van der Waals surface area contributed by atoms with Crippen molar-refractivity contribution in [3.63, 3.8) is 0 Å². The SMILES string of the molecule is COC(=O)c1c(S(C)(=O)=O)ccc(C=O)c1C. The highest BCUT2D eigenvalue weighted by Gasteiger charge is 2.23. The van der Waals surface area contributed by atoms with E-state index in [9.17, 15) is 18.0 Å². The maximum atomic E-state index is 11.6. The Kier molecular flexibility index (Phi) is 3.67. The lowest BCUT2D eigenvalue weighted by Gasteiger charge is -2.10. The van der Waals surface area contributed by atoms with E-state index >= 15 is 0 Å². The monoisotopic (exact) mass is 256 g/mol. The van der Waals surface area contributed by atoms with Gasteiger partial charge in [-0.3, -0.25) is 4.79 Å². The number of sulfone groups is 1. The number of rotatable bonds is 3. The van der Waals surface area contributed by atoms with Gasteiger partial charge in [0.15, 0.2) is 9.84 Å². The molecule has 0 N–H and O–H groups in total. The summed E-state index contributed by atoms with van der Waals surface area (Å²) in [7, 11) is -2.40. The zero-order valence-corrected chi connectivity index (χ0v) is 10.5. The summed E-state index contributed by atoms with van der Waals surface area (Å²) >= 11 is 0. The summed E-state index contributed by atoms with van der Waals surface area (Å²) < 4.78 is 27.6. The summed E-state index contributed by atoms with van der Waals surface area (Å²) in [4.78, 5) is 22.2. The average Bonchev–Trinajstić information content (AvgIpc) is 2.26. The number of aldehydes is 1. The van der Waals surface area contributed by atoms with Gasteiger partial charge in [0.05, 0.1) is 17.6 Å². The molecule has 0 aromatic heterocycles. The summed E-state index contributed by atoms with van der Waals surface area (Å²) in [6.45, 7) is 1.50. The zero-order valence-electron chi connectivity index (χ0n) is 9.68. The molecule has 1 rings (SSSR count). The number of carbonyl (C=O) groups excluding carboxylic acids is 2. The van der Waals surface area contributed by atoms with Crippen molar-refractivity contribution in [2.24, 2.45) is 0 Å². The van der Waals surface area contributed by atoms with Crippen LogP contribution in [0.5, 0.6) is 0 Å². The van der Waals surface area contributed by atoms with Gasteiger partial charge < -0.3 is 4.74 Å². The van der Waals surface area contributed by atoms with Crippen LogP contribution in [0.15, 0.2) is 17.0 Å². The van der Waals surface area contributed by atoms with Crippen LogP contribution >= 0.6 is 0 Å². The van der Waals surface area contributed by atoms with Crippen LogP contribution in [-0.2, 0) is 14.6 Å². The maximum absolute atomic E-state index is 11.6. The lowest BCUT2D eigenvalue weighted by molar-refractivity contribution is 0.0595. The minimum absolute atomic E-state index is 0.0837. The molecule has 17 heavy (non-hydrogen) atoms. The van der Waals surface area contributed by atoms with Crippen LogP contribution in [0.1, 0.15) is 26.3 Å². The number of hydrogen-bond acceptors (Lipinski definition) is 5. The zero-order chi connectivity index (χ0) is 13.2. The third kappa shape index (κ3) is 2.52. The number of carbonyl (C=O) groups is 2. The quantitative estimate of drug-likeness (QED) is 0.595. The Morgan fingerprint density at radius 2 is 1.94 bits per heavy atom. The molecule has 0 saturated carbocycles. The normalized spacial score (nSPS) is 11.0. The van der Waals surface area contributed by atoms with Gasteiger partial charge in [-0.25, -0.2) is 13.2 Å². The Labute approximate surface area is 99.3 Å². The standard InChI is InChI=1S/C11H12O5S/c1-7-8(6-12)4-5-9(17(3,14)15)10(7)11(13)16-2/h4-6H,1-3H3. The van der Waals surface area contributed by atoms with Crippen molar-refractivity contribution in [2.75, 3.05) is 13.4 Å². The Balaban J connectivity index is 3.70. The predicted molar refractivity (Wildman–Crippen MR) is 61.0 cm³/mol. The second-order valence-corrected chi connectivity index (χ2v) is 5.52. The van der Waals surface area contributed by atoms with Gasteiger partial charge in [0.2, 0.25) is 0 Å². The van der Waals surface area contributed by atoms with E-state index in [1.54, 1.807) is 0 Å². The fourth-order valence-electron chi connectivity index (χ4n) is 1.50. The maximum Gasteiger partial charge on any atom is 0.339 e. The minimum Gasteiger partial charge on any atom is -0.465 e. The van der Waals surface area contributed by atoms with Gasteiger partial charge >= 0.3 is 5.97 Å². The molecule has 0 radical (unpaired) electrons. The van der Waals surface area contributed by atoms with Crippen molar-refractivity contribution in [3.05, 3.63) is 28.8 Å². The molecule has 92 valence electrons. The topological polar surface area (TPSA) is 77.5 Å². The van der Waals surface area contributed by atoms with Gasteiger partial charge in [0, 0.05) is 11.8 Å². The van der Waals surface area contributed by atoms with Crippen molar-refractivity contribution < 1.29 is 22.7 Å². The molecule has 0 saturated heterocycles. The molecule has 0 bridgehead atoms. The van der Waals surface area contributed by atoms with Crippen LogP contribution in [0.4, 0.5) is 0 Å². The first-order chi connectivity index (χ1) is 7.82. The summed E-state index contributed by atoms with van der Waals surface area (Å²) in [5.41, 5.74) is 0.479. The highest BCUT2D eigenvalue weighted by atomic mass is 32.2. The van der Waals surface area contributed by atoms with Gasteiger partial charge in [-0.2, -0.15) is 0 Å². The van der Waals surface area contributed by atoms with Crippen LogP contribution in [0.3, 0.4) is 0 Å². The first kappa shape index (κ1) is 13.4. The van der Waals surface area contributed by atoms with E-state index in [0.717, 1.165) is 13.4 Å². The van der Waals surface area contributed by atoms with Crippen molar-refractivity contribution in [2.45, 2.75) is 11.8 Å². The highest BCUT2D eigenvalue weighted by Crippen LogP contribution is 2.22. The molecule has 1 aromatic rings. The lowest BCUT2D eigenvalue weighted by Crippen LogP contribution is -2.13. The Morgan fingerprint density at radius 3 is 2.35 bits per heavy atom. The summed E-state index contributed by atoms with van der Waals surface area (Å²) in [6, 6.07) is 2.60. The number of ether oxygens (including phenoxy) is 1. The van der Waals surface area contributed by atoms with E-state index in [-0.39, 0.29) is 16.0 Å². The third-order valence-electron chi connectivity index (χ3n) is 2.38. The Bertz CT molecular complexity index is 572. The second-order valence-electron chi connectivity index (χ2n) is 3.53. The smallest absolute Gasteiger partial charge is 0.339 e. The average molecular weight is 256 g/mol. The van der Waals surface area contributed by atoms with Crippen LogP contribution in [0, 0.1) is 6.92 Å². The van der Waals surface area contributed by atoms with E-state index in [1.165, 1.54) is 19.1 Å². The van der Waals surface area contributed by atoms with Crippen molar-refractivity contribution in [1.82, 2.24) is 0 Å². The summed E-state index contributed by atoms with van der Waals surface area (Å²) in [6.07, 6.45) is 1.56. The van der Waals surface area contributed by atoms with E-state index < -0.39 is 15.8 Å². The molecular formula is C11H12O5S. The number of hydrogen-bond donors (Lipinski definition) is 0. The predicted octanol–water partition coefficient (Wildman–Crippen LogP) is 0.998. The largest absolute Gasteiger partial charge is 0.465 e. The third-order valence-corrected chi connectivity index (χ3v) is 3.52. The van der Waals surface area contributed by atoms with Crippen LogP contribution < -0.4 is 0 Å². The van der Waals surface area contributed by atoms with Gasteiger partial charge in [0.1, 0.15) is 6.29 Å². The van der Waals surface area contributed by atoms with Gasteiger partial charge in [-0.15, -0.1) is 0 Å². The first-order valence-electron chi connectivity index (χ1n) is 4.70. The molecule has 0 aliphatic heterocycles. The molecule has 0 fully saturated rings. The second kappa shape index (κ2) is 4.67. The number of methoxy groups -OCH3 is 1. The molecule has 5 nitrogen and oxygen atoms in total. The molecule has 0 heterocycles. The molecule has 0 amide bonds. The number of benzene rings is 1. The van der Waals surface area contributed by atoms with Gasteiger partial charge in [0.25, 0.3) is 0 Å². The first-order valence-corrected chi connectivity index (χ1v) is 6.59. The summed E-state index contributed by atoms with van der Waals surface area (Å²) in [5.74, 6) is -0.772. The van der Waals surface area contributed by atoms with Crippen molar-refractivity contribution in [1.29, 1.82) is 0 Å². The van der Waals surface area contributed by atoms with E-state index in [4.69, 9.17) is 0 Å². The molecule has 0 spiro atoms. The van der Waals surface area contributed by atoms with Crippen molar-refractivity contribution >= 4 is 22.1 Å². The Morgan fingerprint density at radius 1 is 1.35 bits per heavy atom. The lowest BCUT2D eigenvalue weighted by atomic mass is 10.0. The number of esters is 1. The van der Waals surface area contributed by atoms with E-state index in [1.807, 2.05) is 0 Å². The van der Waals surface area contributed by atoms with Gasteiger partial charge in [-0.05, 0) is 18.6 Å². The van der Waals surface area contributed by atoms with Crippen LogP contribution in [0.2, 0.25) is 0 Å². The molecule has 0 aliphatic rings. The van der Waals surface area contributed by atoms with E-state index in [2.05, 4.69) is 4.74 Å². The van der Waals surface area contributed by atoms with Gasteiger partial charge in [-0.1, -0.05) is 6.07 Å². The fourth-order valence-corrected chi connectivity index (χ4v) is 2.42. The molecular weight excluding hydrogens is 244 g/mol. The fraction of sp³-hybridized carbons (Fsp3) is 0.273. The molecule has 0 aliphatic carbocycles. The highest BCUT2D eigenvalue weighted by molar-refractivity contribution is 7.90. The van der Waals surface area contributed by atoms with Crippen LogP contribution in [0.25, 0.3) is 0 Å². The summed E-state index contributed by atoms with van der Waals surface area (Å²) in [5, 5.41) is 0. The van der Waals surface area contributed by atoms with E-state index in [0.29, 0.717) is 11.8 Å². The Hall–Kier alpha value is -1.69. The molecule has 0 unspecified atom stereocenters. The molecule has 6 heteroatoms. The molecule has 0 atom stereocenters. The van der Waals surface area contributed by atoms with Crippen molar-refractivity contribution in [3.8, 4) is 0 Å².